The van der Waals surface area contributed by atoms with E-state index in [9.17, 15) is 0 Å². The van der Waals surface area contributed by atoms with Crippen molar-refractivity contribution in [2.75, 3.05) is 0 Å². The molecular weight excluding hydrogens is 687 g/mol. The van der Waals surface area contributed by atoms with Crippen molar-refractivity contribution in [3.8, 4) is 67.5 Å². The van der Waals surface area contributed by atoms with Gasteiger partial charge in [-0.15, -0.1) is 0 Å². The number of hydrogen-bond acceptors (Lipinski definition) is 5. The first kappa shape index (κ1) is 31.9. The lowest BCUT2D eigenvalue weighted by Gasteiger charge is -2.10. The van der Waals surface area contributed by atoms with E-state index in [-0.39, 0.29) is 0 Å². The zero-order valence-electron chi connectivity index (χ0n) is 30.1. The van der Waals surface area contributed by atoms with Crippen LogP contribution in [0.1, 0.15) is 0 Å². The second-order valence-corrected chi connectivity index (χ2v) is 13.9. The van der Waals surface area contributed by atoms with Crippen molar-refractivity contribution in [3.63, 3.8) is 0 Å². The van der Waals surface area contributed by atoms with Gasteiger partial charge in [0, 0.05) is 38.2 Å². The maximum absolute atomic E-state index is 6.70. The zero-order chi connectivity index (χ0) is 37.0. The second-order valence-electron chi connectivity index (χ2n) is 13.9. The van der Waals surface area contributed by atoms with Gasteiger partial charge in [0.05, 0.1) is 5.56 Å². The summed E-state index contributed by atoms with van der Waals surface area (Å²) in [5.74, 6) is 1.74. The van der Waals surface area contributed by atoms with Crippen LogP contribution in [-0.4, -0.2) is 15.0 Å². The van der Waals surface area contributed by atoms with Crippen molar-refractivity contribution in [1.29, 1.82) is 0 Å². The van der Waals surface area contributed by atoms with E-state index >= 15 is 0 Å². The van der Waals surface area contributed by atoms with E-state index in [1.807, 2.05) is 60.7 Å². The van der Waals surface area contributed by atoms with Crippen LogP contribution in [-0.2, 0) is 0 Å². The maximum Gasteiger partial charge on any atom is 0.167 e. The first-order valence-electron chi connectivity index (χ1n) is 18.7. The summed E-state index contributed by atoms with van der Waals surface area (Å²) >= 11 is 0. The topological polar surface area (TPSA) is 65.0 Å². The Morgan fingerprint density at radius 2 is 0.857 bits per heavy atom. The Morgan fingerprint density at radius 3 is 1.66 bits per heavy atom. The van der Waals surface area contributed by atoms with Crippen LogP contribution in [0.5, 0.6) is 0 Å². The molecule has 5 heteroatoms. The van der Waals surface area contributed by atoms with Crippen molar-refractivity contribution in [3.05, 3.63) is 188 Å². The summed E-state index contributed by atoms with van der Waals surface area (Å²) < 4.78 is 13.3. The zero-order valence-corrected chi connectivity index (χ0v) is 30.1. The van der Waals surface area contributed by atoms with Crippen LogP contribution in [0.25, 0.3) is 111 Å². The molecule has 0 amide bonds. The molecule has 0 aliphatic rings. The van der Waals surface area contributed by atoms with Crippen molar-refractivity contribution in [1.82, 2.24) is 15.0 Å². The Bertz CT molecular complexity index is 3240. The van der Waals surface area contributed by atoms with E-state index in [4.69, 9.17) is 23.8 Å². The van der Waals surface area contributed by atoms with Crippen LogP contribution < -0.4 is 0 Å². The molecule has 3 heterocycles. The van der Waals surface area contributed by atoms with Crippen molar-refractivity contribution >= 4 is 43.9 Å². The highest BCUT2D eigenvalue weighted by Crippen LogP contribution is 2.44. The van der Waals surface area contributed by atoms with Crippen molar-refractivity contribution in [2.24, 2.45) is 0 Å². The van der Waals surface area contributed by atoms with Gasteiger partial charge in [-0.05, 0) is 64.2 Å². The minimum atomic E-state index is 0.548. The number of hydrogen-bond donors (Lipinski definition) is 0. The Labute approximate surface area is 322 Å². The summed E-state index contributed by atoms with van der Waals surface area (Å²) in [4.78, 5) is 15.2. The normalized spacial score (nSPS) is 11.6. The number of furan rings is 2. The molecule has 0 spiro atoms. The van der Waals surface area contributed by atoms with Crippen LogP contribution in [0.4, 0.5) is 0 Å². The largest absolute Gasteiger partial charge is 0.455 e. The third-order valence-corrected chi connectivity index (χ3v) is 10.6. The lowest BCUT2D eigenvalue weighted by Crippen LogP contribution is -2.00. The standard InChI is InChI=1S/C51H31N3O2/c1-4-14-32(15-5-1)35-20-12-21-37(30-35)50-52-49(34-18-8-3-9-19-34)53-51(54-50)42-24-13-23-40-43-31-36(26-29-45(43)55-47(40)42)38-27-28-39(33-16-6-2-7-17-33)48-46(38)41-22-10-11-25-44(41)56-48/h1-31H. The van der Waals surface area contributed by atoms with Gasteiger partial charge in [-0.1, -0.05) is 152 Å². The number of rotatable bonds is 6. The maximum atomic E-state index is 6.70. The molecule has 0 saturated heterocycles. The summed E-state index contributed by atoms with van der Waals surface area (Å²) in [7, 11) is 0. The van der Waals surface area contributed by atoms with E-state index < -0.39 is 0 Å². The van der Waals surface area contributed by atoms with Gasteiger partial charge >= 0.3 is 0 Å². The third kappa shape index (κ3) is 5.37. The molecule has 11 rings (SSSR count). The highest BCUT2D eigenvalue weighted by atomic mass is 16.3. The molecule has 0 unspecified atom stereocenters. The highest BCUT2D eigenvalue weighted by molar-refractivity contribution is 6.17. The fourth-order valence-corrected chi connectivity index (χ4v) is 7.87. The molecule has 0 atom stereocenters. The molecule has 262 valence electrons. The molecule has 11 aromatic rings. The van der Waals surface area contributed by atoms with Gasteiger partial charge in [0.1, 0.15) is 22.3 Å². The van der Waals surface area contributed by atoms with Gasteiger partial charge in [0.15, 0.2) is 17.5 Å². The minimum Gasteiger partial charge on any atom is -0.455 e. The van der Waals surface area contributed by atoms with E-state index in [1.54, 1.807) is 0 Å². The Kier molecular flexibility index (Phi) is 7.42. The number of para-hydroxylation sites is 2. The first-order chi connectivity index (χ1) is 27.7. The fraction of sp³-hybridized carbons (Fsp3) is 0. The predicted molar refractivity (Wildman–Crippen MR) is 227 cm³/mol. The Balaban J connectivity index is 1.08. The van der Waals surface area contributed by atoms with Gasteiger partial charge in [0.2, 0.25) is 0 Å². The summed E-state index contributed by atoms with van der Waals surface area (Å²) in [5.41, 5.74) is 12.5. The van der Waals surface area contributed by atoms with E-state index in [1.165, 1.54) is 0 Å². The van der Waals surface area contributed by atoms with E-state index in [0.29, 0.717) is 17.5 Å². The molecule has 56 heavy (non-hydrogen) atoms. The van der Waals surface area contributed by atoms with Gasteiger partial charge in [0.25, 0.3) is 0 Å². The van der Waals surface area contributed by atoms with Crippen molar-refractivity contribution in [2.45, 2.75) is 0 Å². The molecule has 0 aliphatic heterocycles. The molecule has 0 bridgehead atoms. The minimum absolute atomic E-state index is 0.548. The number of aromatic nitrogens is 3. The highest BCUT2D eigenvalue weighted by Gasteiger charge is 2.21. The number of benzene rings is 8. The summed E-state index contributed by atoms with van der Waals surface area (Å²) in [5, 5.41) is 4.18. The molecule has 3 aromatic heterocycles. The molecule has 0 fully saturated rings. The quantitative estimate of drug-likeness (QED) is 0.171. The summed E-state index contributed by atoms with van der Waals surface area (Å²) in [6.07, 6.45) is 0. The average Bonchev–Trinajstić information content (AvgIpc) is 3.86. The van der Waals surface area contributed by atoms with E-state index in [0.717, 1.165) is 93.9 Å². The second kappa shape index (κ2) is 13.0. The van der Waals surface area contributed by atoms with E-state index in [2.05, 4.69) is 127 Å². The SMILES string of the molecule is c1ccc(-c2cccc(-c3nc(-c4ccccc4)nc(-c4cccc5c4oc4ccc(-c6ccc(-c7ccccc7)c7oc8ccccc8c67)cc45)n3)c2)cc1. The van der Waals surface area contributed by atoms with Crippen LogP contribution in [0.2, 0.25) is 0 Å². The van der Waals surface area contributed by atoms with Crippen LogP contribution in [0.3, 0.4) is 0 Å². The molecule has 0 radical (unpaired) electrons. The molecule has 0 N–H and O–H groups in total. The lowest BCUT2D eigenvalue weighted by molar-refractivity contribution is 0.669. The number of nitrogens with zero attached hydrogens (tertiary/aromatic N) is 3. The Morgan fingerprint density at radius 1 is 0.286 bits per heavy atom. The van der Waals surface area contributed by atoms with Crippen LogP contribution >= 0.6 is 0 Å². The summed E-state index contributed by atoms with van der Waals surface area (Å²) in [6.45, 7) is 0. The predicted octanol–water partition coefficient (Wildman–Crippen LogP) is 13.7. The molecule has 0 saturated carbocycles. The Hall–Kier alpha value is -7.63. The third-order valence-electron chi connectivity index (χ3n) is 10.6. The molecule has 5 nitrogen and oxygen atoms in total. The first-order valence-corrected chi connectivity index (χ1v) is 18.7. The average molecular weight is 718 g/mol. The lowest BCUT2D eigenvalue weighted by atomic mass is 9.94. The van der Waals surface area contributed by atoms with Gasteiger partial charge in [-0.2, -0.15) is 0 Å². The van der Waals surface area contributed by atoms with Crippen molar-refractivity contribution < 1.29 is 8.83 Å². The monoisotopic (exact) mass is 717 g/mol. The van der Waals surface area contributed by atoms with Gasteiger partial charge < -0.3 is 8.83 Å². The van der Waals surface area contributed by atoms with Gasteiger partial charge in [-0.25, -0.2) is 15.0 Å². The molecular formula is C51H31N3O2. The molecule has 0 aliphatic carbocycles. The summed E-state index contributed by atoms with van der Waals surface area (Å²) in [6, 6.07) is 64.5. The van der Waals surface area contributed by atoms with Crippen LogP contribution in [0.15, 0.2) is 197 Å². The van der Waals surface area contributed by atoms with Crippen LogP contribution in [0, 0.1) is 0 Å². The fourth-order valence-electron chi connectivity index (χ4n) is 7.87. The smallest absolute Gasteiger partial charge is 0.167 e. The number of fused-ring (bicyclic) bond motifs is 6. The molecule has 8 aromatic carbocycles. The van der Waals surface area contributed by atoms with Gasteiger partial charge in [-0.3, -0.25) is 0 Å².